The van der Waals surface area contributed by atoms with E-state index in [9.17, 15) is 10.2 Å². The molecule has 0 aliphatic rings. The predicted molar refractivity (Wildman–Crippen MR) is 83.7 cm³/mol. The second-order valence-electron chi connectivity index (χ2n) is 4.91. The van der Waals surface area contributed by atoms with Crippen molar-refractivity contribution in [3.8, 4) is 11.5 Å². The number of hydrogen-bond acceptors (Lipinski definition) is 4. The van der Waals surface area contributed by atoms with Crippen LogP contribution in [0.25, 0.3) is 10.8 Å². The number of aromatic hydroxyl groups is 2. The normalized spacial score (nSPS) is 10.7. The molecule has 0 saturated carbocycles. The Kier molecular flexibility index (Phi) is 3.60. The van der Waals surface area contributed by atoms with Gasteiger partial charge in [0.2, 0.25) is 0 Å². The molecule has 4 heteroatoms. The zero-order valence-electron chi connectivity index (χ0n) is 11.5. The Balaban J connectivity index is 1.73. The number of fused-ring (bicyclic) bond motifs is 1. The van der Waals surface area contributed by atoms with Crippen molar-refractivity contribution in [2.75, 3.05) is 11.9 Å². The lowest BCUT2D eigenvalue weighted by Gasteiger charge is -2.09. The highest BCUT2D eigenvalue weighted by Gasteiger charge is 2.03. The van der Waals surface area contributed by atoms with Gasteiger partial charge < -0.3 is 15.5 Å². The predicted octanol–water partition coefficient (Wildman–Crippen LogP) is 3.30. The molecule has 0 amide bonds. The Bertz CT molecular complexity index is 754. The Morgan fingerprint density at radius 2 is 1.67 bits per heavy atom. The molecule has 0 bridgehead atoms. The molecule has 0 aliphatic heterocycles. The molecule has 0 aliphatic carbocycles. The summed E-state index contributed by atoms with van der Waals surface area (Å²) in [5.41, 5.74) is 1.14. The van der Waals surface area contributed by atoms with Crippen LogP contribution in [-0.2, 0) is 6.42 Å². The number of phenolic OH excluding ortho intramolecular Hbond substituents is 2. The number of benzene rings is 2. The molecule has 0 atom stereocenters. The number of nitrogens with zero attached hydrogens (tertiary/aromatic N) is 1. The van der Waals surface area contributed by atoms with Crippen molar-refractivity contribution in [3.63, 3.8) is 0 Å². The zero-order valence-corrected chi connectivity index (χ0v) is 11.5. The van der Waals surface area contributed by atoms with E-state index in [1.807, 2.05) is 24.3 Å². The molecule has 0 saturated heterocycles. The summed E-state index contributed by atoms with van der Waals surface area (Å²) in [7, 11) is 0. The van der Waals surface area contributed by atoms with Crippen LogP contribution >= 0.6 is 0 Å². The summed E-state index contributed by atoms with van der Waals surface area (Å²) in [4.78, 5) is 4.33. The summed E-state index contributed by atoms with van der Waals surface area (Å²) >= 11 is 0. The Labute approximate surface area is 122 Å². The number of hydrogen-bond donors (Lipinski definition) is 3. The van der Waals surface area contributed by atoms with Crippen LogP contribution in [0.5, 0.6) is 11.5 Å². The minimum Gasteiger partial charge on any atom is -0.508 e. The number of aromatic nitrogens is 1. The highest BCUT2D eigenvalue weighted by Crippen LogP contribution is 2.25. The standard InChI is InChI=1S/C17H16N2O2/c20-14-4-1-12(2-5-14)7-9-18-17-16-11-15(21)6-3-13(16)8-10-19-17/h1-6,8,10-11,20-21H,7,9H2,(H,18,19). The van der Waals surface area contributed by atoms with Crippen LogP contribution in [0.3, 0.4) is 0 Å². The maximum Gasteiger partial charge on any atom is 0.133 e. The van der Waals surface area contributed by atoms with E-state index in [0.29, 0.717) is 0 Å². The highest BCUT2D eigenvalue weighted by atomic mass is 16.3. The van der Waals surface area contributed by atoms with E-state index < -0.39 is 0 Å². The van der Waals surface area contributed by atoms with Gasteiger partial charge in [-0.05, 0) is 47.7 Å². The molecule has 106 valence electrons. The lowest BCUT2D eigenvalue weighted by atomic mass is 10.1. The first-order valence-corrected chi connectivity index (χ1v) is 6.82. The van der Waals surface area contributed by atoms with Gasteiger partial charge in [-0.1, -0.05) is 18.2 Å². The van der Waals surface area contributed by atoms with Crippen molar-refractivity contribution >= 4 is 16.6 Å². The fourth-order valence-corrected chi connectivity index (χ4v) is 2.29. The van der Waals surface area contributed by atoms with Crippen molar-refractivity contribution in [3.05, 3.63) is 60.3 Å². The second kappa shape index (κ2) is 5.71. The van der Waals surface area contributed by atoms with Crippen molar-refractivity contribution < 1.29 is 10.2 Å². The topological polar surface area (TPSA) is 65.4 Å². The van der Waals surface area contributed by atoms with Gasteiger partial charge in [-0.2, -0.15) is 0 Å². The smallest absolute Gasteiger partial charge is 0.133 e. The van der Waals surface area contributed by atoms with E-state index in [-0.39, 0.29) is 11.5 Å². The zero-order chi connectivity index (χ0) is 14.7. The van der Waals surface area contributed by atoms with Crippen molar-refractivity contribution in [1.82, 2.24) is 4.98 Å². The van der Waals surface area contributed by atoms with E-state index in [1.165, 1.54) is 0 Å². The van der Waals surface area contributed by atoms with Crippen molar-refractivity contribution in [1.29, 1.82) is 0 Å². The summed E-state index contributed by atoms with van der Waals surface area (Å²) in [6.07, 6.45) is 2.58. The third-order valence-corrected chi connectivity index (χ3v) is 3.39. The van der Waals surface area contributed by atoms with Gasteiger partial charge in [0.15, 0.2) is 0 Å². The molecular weight excluding hydrogens is 264 g/mol. The van der Waals surface area contributed by atoms with Gasteiger partial charge in [0.25, 0.3) is 0 Å². The van der Waals surface area contributed by atoms with Crippen LogP contribution < -0.4 is 5.32 Å². The first-order valence-electron chi connectivity index (χ1n) is 6.82. The molecule has 0 unspecified atom stereocenters. The van der Waals surface area contributed by atoms with Crippen LogP contribution in [0.4, 0.5) is 5.82 Å². The maximum absolute atomic E-state index is 9.60. The van der Waals surface area contributed by atoms with E-state index in [0.717, 1.165) is 35.1 Å². The van der Waals surface area contributed by atoms with E-state index >= 15 is 0 Å². The highest BCUT2D eigenvalue weighted by molar-refractivity contribution is 5.92. The minimum absolute atomic E-state index is 0.233. The van der Waals surface area contributed by atoms with Gasteiger partial charge in [0, 0.05) is 18.1 Å². The number of phenols is 2. The van der Waals surface area contributed by atoms with Crippen molar-refractivity contribution in [2.45, 2.75) is 6.42 Å². The second-order valence-corrected chi connectivity index (χ2v) is 4.91. The molecule has 1 heterocycles. The quantitative estimate of drug-likeness (QED) is 0.686. The van der Waals surface area contributed by atoms with Gasteiger partial charge in [-0.3, -0.25) is 0 Å². The van der Waals surface area contributed by atoms with Gasteiger partial charge in [-0.15, -0.1) is 0 Å². The van der Waals surface area contributed by atoms with E-state index in [2.05, 4.69) is 10.3 Å². The molecule has 3 rings (SSSR count). The lowest BCUT2D eigenvalue weighted by Crippen LogP contribution is -2.06. The molecule has 0 fully saturated rings. The van der Waals surface area contributed by atoms with Crippen LogP contribution in [-0.4, -0.2) is 21.7 Å². The van der Waals surface area contributed by atoms with Crippen LogP contribution in [0.15, 0.2) is 54.7 Å². The van der Waals surface area contributed by atoms with Crippen LogP contribution in [0.2, 0.25) is 0 Å². The Morgan fingerprint density at radius 3 is 2.48 bits per heavy atom. The fourth-order valence-electron chi connectivity index (χ4n) is 2.29. The van der Waals surface area contributed by atoms with Gasteiger partial charge in [0.05, 0.1) is 0 Å². The summed E-state index contributed by atoms with van der Waals surface area (Å²) in [6, 6.07) is 14.3. The number of anilines is 1. The average Bonchev–Trinajstić information content (AvgIpc) is 2.50. The van der Waals surface area contributed by atoms with Crippen LogP contribution in [0.1, 0.15) is 5.56 Å². The number of nitrogens with one attached hydrogen (secondary N) is 1. The summed E-state index contributed by atoms with van der Waals surface area (Å²) < 4.78 is 0. The molecule has 0 radical (unpaired) electrons. The molecule has 3 aromatic rings. The summed E-state index contributed by atoms with van der Waals surface area (Å²) in [5.74, 6) is 1.28. The monoisotopic (exact) mass is 280 g/mol. The number of rotatable bonds is 4. The Morgan fingerprint density at radius 1 is 0.905 bits per heavy atom. The maximum atomic E-state index is 9.60. The van der Waals surface area contributed by atoms with Gasteiger partial charge >= 0.3 is 0 Å². The van der Waals surface area contributed by atoms with E-state index in [4.69, 9.17) is 0 Å². The van der Waals surface area contributed by atoms with Crippen molar-refractivity contribution in [2.24, 2.45) is 0 Å². The summed E-state index contributed by atoms with van der Waals surface area (Å²) in [6.45, 7) is 0.729. The molecule has 1 aromatic heterocycles. The Hall–Kier alpha value is -2.75. The van der Waals surface area contributed by atoms with E-state index in [1.54, 1.807) is 30.5 Å². The molecular formula is C17H16N2O2. The lowest BCUT2D eigenvalue weighted by molar-refractivity contribution is 0.475. The van der Waals surface area contributed by atoms with Gasteiger partial charge in [0.1, 0.15) is 17.3 Å². The summed E-state index contributed by atoms with van der Waals surface area (Å²) in [5, 5.41) is 24.1. The fraction of sp³-hybridized carbons (Fsp3) is 0.118. The van der Waals surface area contributed by atoms with Gasteiger partial charge in [-0.25, -0.2) is 4.98 Å². The van der Waals surface area contributed by atoms with Crippen LogP contribution in [0, 0.1) is 0 Å². The SMILES string of the molecule is Oc1ccc(CCNc2nccc3ccc(O)cc23)cc1. The minimum atomic E-state index is 0.233. The first-order chi connectivity index (χ1) is 10.2. The number of pyridine rings is 1. The molecule has 4 nitrogen and oxygen atoms in total. The average molecular weight is 280 g/mol. The molecule has 2 aromatic carbocycles. The molecule has 0 spiro atoms. The third kappa shape index (κ3) is 3.05. The third-order valence-electron chi connectivity index (χ3n) is 3.39. The molecule has 21 heavy (non-hydrogen) atoms. The largest absolute Gasteiger partial charge is 0.508 e. The molecule has 3 N–H and O–H groups in total. The first kappa shape index (κ1) is 13.2.